The number of guanidine groups is 1. The van der Waals surface area contributed by atoms with E-state index >= 15 is 0 Å². The van der Waals surface area contributed by atoms with E-state index in [-0.39, 0.29) is 25.0 Å². The van der Waals surface area contributed by atoms with Gasteiger partial charge in [0.2, 0.25) is 18.7 Å². The van der Waals surface area contributed by atoms with Gasteiger partial charge in [-0.15, -0.1) is 0 Å². The van der Waals surface area contributed by atoms with Gasteiger partial charge in [-0.05, 0) is 30.9 Å². The third-order valence-electron chi connectivity index (χ3n) is 4.93. The summed E-state index contributed by atoms with van der Waals surface area (Å²) in [6.45, 7) is 4.18. The maximum absolute atomic E-state index is 12.3. The van der Waals surface area contributed by atoms with Crippen LogP contribution >= 0.6 is 0 Å². The number of aliphatic imine (C=N–C) groups is 1. The molecule has 3 aliphatic rings. The minimum absolute atomic E-state index is 0.00795. The second-order valence-electron chi connectivity index (χ2n) is 6.95. The number of rotatable bonds is 3. The molecular formula is C18H22N4O4. The predicted molar refractivity (Wildman–Crippen MR) is 95.1 cm³/mol. The van der Waals surface area contributed by atoms with Crippen molar-refractivity contribution in [2.24, 2.45) is 10.9 Å². The van der Waals surface area contributed by atoms with Crippen LogP contribution in [0.25, 0.3) is 0 Å². The van der Waals surface area contributed by atoms with Crippen LogP contribution in [-0.4, -0.2) is 48.6 Å². The Hall–Kier alpha value is -2.77. The molecule has 1 saturated heterocycles. The molecule has 2 amide bonds. The van der Waals surface area contributed by atoms with E-state index in [4.69, 9.17) is 9.47 Å². The summed E-state index contributed by atoms with van der Waals surface area (Å²) in [5.41, 5.74) is 0.604. The zero-order chi connectivity index (χ0) is 18.1. The summed E-state index contributed by atoms with van der Waals surface area (Å²) in [5, 5.41) is 5.59. The molecule has 0 aliphatic carbocycles. The van der Waals surface area contributed by atoms with Crippen LogP contribution < -0.4 is 20.1 Å². The molecule has 0 spiro atoms. The molecule has 0 saturated carbocycles. The molecule has 26 heavy (non-hydrogen) atoms. The number of piperidine rings is 1. The fourth-order valence-corrected chi connectivity index (χ4v) is 3.31. The Kier molecular flexibility index (Phi) is 4.40. The van der Waals surface area contributed by atoms with Crippen LogP contribution in [0, 0.1) is 5.92 Å². The average molecular weight is 358 g/mol. The summed E-state index contributed by atoms with van der Waals surface area (Å²) in [6, 6.07) is 4.51. The first-order valence-electron chi connectivity index (χ1n) is 8.91. The zero-order valence-electron chi connectivity index (χ0n) is 14.7. The van der Waals surface area contributed by atoms with Crippen LogP contribution in [0.15, 0.2) is 23.2 Å². The summed E-state index contributed by atoms with van der Waals surface area (Å²) in [7, 11) is 0. The number of anilines is 1. The number of fused-ring (bicyclic) bond motifs is 1. The molecule has 0 radical (unpaired) electrons. The first-order valence-corrected chi connectivity index (χ1v) is 8.91. The Morgan fingerprint density at radius 2 is 2.08 bits per heavy atom. The molecule has 2 N–H and O–H groups in total. The minimum atomic E-state index is -0.682. The van der Waals surface area contributed by atoms with Gasteiger partial charge in [-0.2, -0.15) is 0 Å². The smallest absolute Gasteiger partial charge is 0.252 e. The molecule has 1 fully saturated rings. The molecule has 1 aromatic carbocycles. The topological polar surface area (TPSA) is 92.3 Å². The van der Waals surface area contributed by atoms with E-state index in [0.717, 1.165) is 25.9 Å². The van der Waals surface area contributed by atoms with Crippen molar-refractivity contribution >= 4 is 23.5 Å². The number of nitrogens with one attached hydrogen (secondary N) is 2. The maximum Gasteiger partial charge on any atom is 0.252 e. The zero-order valence-corrected chi connectivity index (χ0v) is 14.7. The molecule has 3 heterocycles. The Balaban J connectivity index is 1.35. The molecule has 1 atom stereocenters. The van der Waals surface area contributed by atoms with Gasteiger partial charge in [0.25, 0.3) is 5.91 Å². The van der Waals surface area contributed by atoms with Gasteiger partial charge in [-0.1, -0.05) is 6.92 Å². The maximum atomic E-state index is 12.3. The first-order chi connectivity index (χ1) is 12.6. The van der Waals surface area contributed by atoms with Crippen LogP contribution in [0.4, 0.5) is 5.69 Å². The van der Waals surface area contributed by atoms with Crippen molar-refractivity contribution in [1.82, 2.24) is 10.2 Å². The third-order valence-corrected chi connectivity index (χ3v) is 4.93. The van der Waals surface area contributed by atoms with Crippen LogP contribution in [0.1, 0.15) is 26.2 Å². The highest BCUT2D eigenvalue weighted by Crippen LogP contribution is 2.34. The van der Waals surface area contributed by atoms with Gasteiger partial charge < -0.3 is 19.7 Å². The number of carbonyl (C=O) groups excluding carboxylic acids is 2. The predicted octanol–water partition coefficient (Wildman–Crippen LogP) is 1.33. The highest BCUT2D eigenvalue weighted by atomic mass is 16.7. The molecule has 8 nitrogen and oxygen atoms in total. The van der Waals surface area contributed by atoms with Crippen molar-refractivity contribution in [3.8, 4) is 11.5 Å². The SMILES string of the molecule is CC1CCN(C2=N[C@@H](CC(=O)Nc3ccc4c(c3)OCO4)C(=O)N2)CC1. The summed E-state index contributed by atoms with van der Waals surface area (Å²) in [5.74, 6) is 2.07. The van der Waals surface area contributed by atoms with E-state index in [0.29, 0.717) is 29.1 Å². The summed E-state index contributed by atoms with van der Waals surface area (Å²) in [6.07, 6.45) is 2.18. The van der Waals surface area contributed by atoms with Gasteiger partial charge in [-0.3, -0.25) is 14.9 Å². The van der Waals surface area contributed by atoms with Crippen molar-refractivity contribution in [1.29, 1.82) is 0 Å². The minimum Gasteiger partial charge on any atom is -0.454 e. The lowest BCUT2D eigenvalue weighted by atomic mass is 10.00. The number of benzene rings is 1. The van der Waals surface area contributed by atoms with Gasteiger partial charge in [-0.25, -0.2) is 4.99 Å². The lowest BCUT2D eigenvalue weighted by Crippen LogP contribution is -2.44. The van der Waals surface area contributed by atoms with Gasteiger partial charge in [0.15, 0.2) is 11.5 Å². The van der Waals surface area contributed by atoms with Crippen molar-refractivity contribution in [2.45, 2.75) is 32.2 Å². The third kappa shape index (κ3) is 3.44. The number of hydrogen-bond acceptors (Lipinski definition) is 6. The van der Waals surface area contributed by atoms with Crippen molar-refractivity contribution in [3.05, 3.63) is 18.2 Å². The summed E-state index contributed by atoms with van der Waals surface area (Å²) in [4.78, 5) is 31.0. The van der Waals surface area contributed by atoms with Crippen LogP contribution in [-0.2, 0) is 9.59 Å². The Bertz CT molecular complexity index is 756. The highest BCUT2D eigenvalue weighted by molar-refractivity contribution is 6.07. The van der Waals surface area contributed by atoms with Crippen molar-refractivity contribution in [3.63, 3.8) is 0 Å². The molecule has 0 bridgehead atoms. The molecule has 8 heteroatoms. The number of carbonyl (C=O) groups is 2. The average Bonchev–Trinajstić information content (AvgIpc) is 3.22. The van der Waals surface area contributed by atoms with Crippen LogP contribution in [0.3, 0.4) is 0 Å². The standard InChI is InChI=1S/C18H22N4O4/c1-11-4-6-22(7-5-11)18-20-13(17(24)21-18)9-16(23)19-12-2-3-14-15(8-12)26-10-25-14/h2-3,8,11,13H,4-7,9-10H2,1H3,(H,19,23)(H,20,21,24)/t13-/m0/s1. The normalized spacial score (nSPS) is 22.2. The fourth-order valence-electron chi connectivity index (χ4n) is 3.31. The second kappa shape index (κ2) is 6.86. The number of nitrogens with zero attached hydrogens (tertiary/aromatic N) is 2. The second-order valence-corrected chi connectivity index (χ2v) is 6.95. The van der Waals surface area contributed by atoms with E-state index in [1.807, 2.05) is 0 Å². The van der Waals surface area contributed by atoms with E-state index in [2.05, 4.69) is 27.4 Å². The number of ether oxygens (including phenoxy) is 2. The Morgan fingerprint density at radius 3 is 2.88 bits per heavy atom. The molecule has 138 valence electrons. The number of amides is 2. The lowest BCUT2D eigenvalue weighted by molar-refractivity contribution is -0.124. The van der Waals surface area contributed by atoms with Gasteiger partial charge in [0, 0.05) is 24.8 Å². The van der Waals surface area contributed by atoms with Gasteiger partial charge >= 0.3 is 0 Å². The molecule has 0 unspecified atom stereocenters. The highest BCUT2D eigenvalue weighted by Gasteiger charge is 2.32. The molecule has 0 aromatic heterocycles. The Labute approximate surface area is 151 Å². The molecule has 4 rings (SSSR count). The van der Waals surface area contributed by atoms with E-state index in [1.54, 1.807) is 18.2 Å². The van der Waals surface area contributed by atoms with E-state index in [9.17, 15) is 9.59 Å². The largest absolute Gasteiger partial charge is 0.454 e. The van der Waals surface area contributed by atoms with Crippen LogP contribution in [0.5, 0.6) is 11.5 Å². The Morgan fingerprint density at radius 1 is 1.31 bits per heavy atom. The van der Waals surface area contributed by atoms with E-state index in [1.165, 1.54) is 0 Å². The van der Waals surface area contributed by atoms with E-state index < -0.39 is 6.04 Å². The summed E-state index contributed by atoms with van der Waals surface area (Å²) < 4.78 is 10.5. The van der Waals surface area contributed by atoms with Crippen molar-refractivity contribution < 1.29 is 19.1 Å². The number of hydrogen-bond donors (Lipinski definition) is 2. The molecule has 3 aliphatic heterocycles. The first kappa shape index (κ1) is 16.7. The molecule has 1 aromatic rings. The fraction of sp³-hybridized carbons (Fsp3) is 0.500. The number of likely N-dealkylation sites (tertiary alicyclic amines) is 1. The van der Waals surface area contributed by atoms with Crippen LogP contribution in [0.2, 0.25) is 0 Å². The van der Waals surface area contributed by atoms with Crippen molar-refractivity contribution in [2.75, 3.05) is 25.2 Å². The summed E-state index contributed by atoms with van der Waals surface area (Å²) >= 11 is 0. The molecular weight excluding hydrogens is 336 g/mol. The van der Waals surface area contributed by atoms with Gasteiger partial charge in [0.1, 0.15) is 6.04 Å². The quantitative estimate of drug-likeness (QED) is 0.850. The lowest BCUT2D eigenvalue weighted by Gasteiger charge is -2.31. The monoisotopic (exact) mass is 358 g/mol. The van der Waals surface area contributed by atoms with Gasteiger partial charge in [0.05, 0.1) is 6.42 Å².